The second-order valence-electron chi connectivity index (χ2n) is 6.88. The Balaban J connectivity index is 1.84. The zero-order valence-corrected chi connectivity index (χ0v) is 15.6. The number of aromatic nitrogens is 4. The number of aryl methyl sites for hydroxylation is 1. The minimum atomic E-state index is -0.426. The second-order valence-corrected chi connectivity index (χ2v) is 6.88. The van der Waals surface area contributed by atoms with Crippen LogP contribution in [0.15, 0.2) is 53.6 Å². The van der Waals surface area contributed by atoms with Crippen molar-refractivity contribution in [3.8, 4) is 11.3 Å². The van der Waals surface area contributed by atoms with Crippen molar-refractivity contribution in [3.63, 3.8) is 0 Å². The fraction of sp³-hybridized carbons (Fsp3) is 0.300. The number of amides is 1. The average molecular weight is 365 g/mol. The quantitative estimate of drug-likeness (QED) is 0.702. The predicted octanol–water partition coefficient (Wildman–Crippen LogP) is 2.69. The molecule has 0 aliphatic heterocycles. The van der Waals surface area contributed by atoms with E-state index in [1.54, 1.807) is 23.9 Å². The van der Waals surface area contributed by atoms with Gasteiger partial charge in [-0.3, -0.25) is 14.3 Å². The van der Waals surface area contributed by atoms with Gasteiger partial charge in [-0.1, -0.05) is 44.2 Å². The van der Waals surface area contributed by atoms with Crippen LogP contribution in [0.4, 0.5) is 0 Å². The van der Waals surface area contributed by atoms with Crippen LogP contribution in [0.1, 0.15) is 42.5 Å². The Kier molecular flexibility index (Phi) is 5.49. The molecule has 2 N–H and O–H groups in total. The first-order valence-corrected chi connectivity index (χ1v) is 8.89. The molecular formula is C20H23N5O2. The van der Waals surface area contributed by atoms with Crippen LogP contribution in [0.3, 0.4) is 0 Å². The Morgan fingerprint density at radius 1 is 1.19 bits per heavy atom. The van der Waals surface area contributed by atoms with Crippen molar-refractivity contribution in [1.29, 1.82) is 0 Å². The molecule has 3 rings (SSSR count). The smallest absolute Gasteiger partial charge is 0.261 e. The number of carbonyl (C=O) groups is 1. The molecule has 7 nitrogen and oxygen atoms in total. The summed E-state index contributed by atoms with van der Waals surface area (Å²) in [5.74, 6) is 0.574. The summed E-state index contributed by atoms with van der Waals surface area (Å²) in [4.78, 5) is 32.2. The summed E-state index contributed by atoms with van der Waals surface area (Å²) in [6, 6.07) is 12.5. The fourth-order valence-corrected chi connectivity index (χ4v) is 3.00. The molecule has 27 heavy (non-hydrogen) atoms. The number of carbonyl (C=O) groups excluding carboxylic acids is 1. The maximum atomic E-state index is 12.7. The molecule has 1 unspecified atom stereocenters. The van der Waals surface area contributed by atoms with Crippen LogP contribution in [-0.4, -0.2) is 25.7 Å². The molecule has 2 heterocycles. The van der Waals surface area contributed by atoms with Gasteiger partial charge in [0.25, 0.3) is 11.5 Å². The Labute approximate surface area is 157 Å². The van der Waals surface area contributed by atoms with Gasteiger partial charge in [-0.05, 0) is 30.0 Å². The van der Waals surface area contributed by atoms with Crippen LogP contribution in [0.2, 0.25) is 0 Å². The summed E-state index contributed by atoms with van der Waals surface area (Å²) in [6.45, 7) is 4.13. The molecule has 0 spiro atoms. The number of aromatic amines is 1. The van der Waals surface area contributed by atoms with Gasteiger partial charge in [0.05, 0.1) is 6.04 Å². The number of rotatable bonds is 6. The minimum absolute atomic E-state index is 0.0746. The highest BCUT2D eigenvalue weighted by atomic mass is 16.2. The van der Waals surface area contributed by atoms with Gasteiger partial charge >= 0.3 is 0 Å². The highest BCUT2D eigenvalue weighted by Gasteiger charge is 2.22. The topological polar surface area (TPSA) is 92.7 Å². The third-order valence-corrected chi connectivity index (χ3v) is 4.31. The van der Waals surface area contributed by atoms with Crippen LogP contribution in [0, 0.1) is 5.92 Å². The normalized spacial score (nSPS) is 12.1. The summed E-state index contributed by atoms with van der Waals surface area (Å²) in [7, 11) is 1.78. The maximum Gasteiger partial charge on any atom is 0.261 e. The maximum absolute atomic E-state index is 12.7. The van der Waals surface area contributed by atoms with E-state index in [9.17, 15) is 9.59 Å². The molecule has 0 aliphatic carbocycles. The molecule has 3 aromatic rings. The Bertz CT molecular complexity index is 975. The standard InChI is InChI=1S/C20H23N5O2/c1-13(2)11-17(18-21-12-22-25(18)3)24-20(27)15-9-10-16(23-19(15)26)14-7-5-4-6-8-14/h4-10,12-13,17H,11H2,1-3H3,(H,23,26)(H,24,27). The van der Waals surface area contributed by atoms with Gasteiger partial charge in [0.1, 0.15) is 17.7 Å². The monoisotopic (exact) mass is 365 g/mol. The van der Waals surface area contributed by atoms with Gasteiger partial charge in [-0.15, -0.1) is 0 Å². The van der Waals surface area contributed by atoms with Crippen molar-refractivity contribution in [2.45, 2.75) is 26.3 Å². The molecule has 7 heteroatoms. The fourth-order valence-electron chi connectivity index (χ4n) is 3.00. The van der Waals surface area contributed by atoms with Gasteiger partial charge in [0, 0.05) is 12.7 Å². The Morgan fingerprint density at radius 3 is 2.52 bits per heavy atom. The lowest BCUT2D eigenvalue weighted by Gasteiger charge is -2.19. The van der Waals surface area contributed by atoms with Crippen LogP contribution in [0.25, 0.3) is 11.3 Å². The van der Waals surface area contributed by atoms with Crippen LogP contribution in [0.5, 0.6) is 0 Å². The van der Waals surface area contributed by atoms with Gasteiger partial charge in [0.2, 0.25) is 0 Å². The number of hydrogen-bond acceptors (Lipinski definition) is 4. The summed E-state index contributed by atoms with van der Waals surface area (Å²) in [6.07, 6.45) is 2.15. The molecule has 1 atom stereocenters. The Morgan fingerprint density at radius 2 is 1.93 bits per heavy atom. The van der Waals surface area contributed by atoms with E-state index in [-0.39, 0.29) is 11.6 Å². The van der Waals surface area contributed by atoms with Gasteiger partial charge in [-0.25, -0.2) is 4.98 Å². The zero-order valence-electron chi connectivity index (χ0n) is 15.6. The van der Waals surface area contributed by atoms with E-state index in [0.717, 1.165) is 5.56 Å². The van der Waals surface area contributed by atoms with E-state index >= 15 is 0 Å². The Hall–Kier alpha value is -3.22. The van der Waals surface area contributed by atoms with Crippen molar-refractivity contribution in [3.05, 3.63) is 70.5 Å². The van der Waals surface area contributed by atoms with Crippen molar-refractivity contribution < 1.29 is 4.79 Å². The SMILES string of the molecule is CC(C)CC(NC(=O)c1ccc(-c2ccccc2)[nH]c1=O)c1ncnn1C. The molecule has 0 saturated heterocycles. The molecule has 0 saturated carbocycles. The van der Waals surface area contributed by atoms with Gasteiger partial charge in [-0.2, -0.15) is 5.10 Å². The predicted molar refractivity (Wildman–Crippen MR) is 103 cm³/mol. The van der Waals surface area contributed by atoms with Crippen molar-refractivity contribution in [2.24, 2.45) is 13.0 Å². The van der Waals surface area contributed by atoms with Crippen molar-refractivity contribution >= 4 is 5.91 Å². The summed E-state index contributed by atoms with van der Waals surface area (Å²) >= 11 is 0. The lowest BCUT2D eigenvalue weighted by atomic mass is 10.0. The molecule has 0 fully saturated rings. The number of pyridine rings is 1. The number of hydrogen-bond donors (Lipinski definition) is 2. The van der Waals surface area contributed by atoms with Gasteiger partial charge < -0.3 is 10.3 Å². The molecule has 0 bridgehead atoms. The first-order valence-electron chi connectivity index (χ1n) is 8.89. The zero-order chi connectivity index (χ0) is 19.4. The lowest BCUT2D eigenvalue weighted by molar-refractivity contribution is 0.0927. The molecule has 2 aromatic heterocycles. The number of H-pyrrole nitrogens is 1. The number of nitrogens with zero attached hydrogens (tertiary/aromatic N) is 3. The van der Waals surface area contributed by atoms with E-state index < -0.39 is 11.5 Å². The van der Waals surface area contributed by atoms with Gasteiger partial charge in [0.15, 0.2) is 0 Å². The third-order valence-electron chi connectivity index (χ3n) is 4.31. The summed E-state index contributed by atoms with van der Waals surface area (Å²) in [5.41, 5.74) is 1.21. The van der Waals surface area contributed by atoms with Crippen molar-refractivity contribution in [2.75, 3.05) is 0 Å². The third kappa shape index (κ3) is 4.31. The molecular weight excluding hydrogens is 342 g/mol. The highest BCUT2D eigenvalue weighted by molar-refractivity contribution is 5.94. The van der Waals surface area contributed by atoms with E-state index in [4.69, 9.17) is 0 Å². The number of nitrogens with one attached hydrogen (secondary N) is 2. The first kappa shape index (κ1) is 18.6. The van der Waals surface area contributed by atoms with E-state index in [1.807, 2.05) is 30.3 Å². The van der Waals surface area contributed by atoms with Crippen LogP contribution < -0.4 is 10.9 Å². The number of benzene rings is 1. The van der Waals surface area contributed by atoms with Crippen molar-refractivity contribution in [1.82, 2.24) is 25.1 Å². The summed E-state index contributed by atoms with van der Waals surface area (Å²) < 4.78 is 1.63. The molecule has 140 valence electrons. The molecule has 0 radical (unpaired) electrons. The van der Waals surface area contributed by atoms with E-state index in [1.165, 1.54) is 6.33 Å². The lowest BCUT2D eigenvalue weighted by Crippen LogP contribution is -2.34. The average Bonchev–Trinajstić information content (AvgIpc) is 3.07. The molecule has 1 aromatic carbocycles. The highest BCUT2D eigenvalue weighted by Crippen LogP contribution is 2.20. The van der Waals surface area contributed by atoms with E-state index in [2.05, 4.69) is 34.2 Å². The second kappa shape index (κ2) is 7.99. The van der Waals surface area contributed by atoms with Crippen LogP contribution >= 0.6 is 0 Å². The summed E-state index contributed by atoms with van der Waals surface area (Å²) in [5, 5.41) is 7.00. The molecule has 1 amide bonds. The minimum Gasteiger partial charge on any atom is -0.342 e. The first-order chi connectivity index (χ1) is 13.0. The molecule has 0 aliphatic rings. The largest absolute Gasteiger partial charge is 0.342 e. The van der Waals surface area contributed by atoms with E-state index in [0.29, 0.717) is 23.9 Å². The van der Waals surface area contributed by atoms with Crippen LogP contribution in [-0.2, 0) is 7.05 Å².